The Morgan fingerprint density at radius 1 is 1.17 bits per heavy atom. The van der Waals surface area contributed by atoms with Gasteiger partial charge in [-0.15, -0.1) is 0 Å². The van der Waals surface area contributed by atoms with Gasteiger partial charge in [-0.05, 0) is 42.3 Å². The number of esters is 1. The monoisotopic (exact) mass is 409 g/mol. The van der Waals surface area contributed by atoms with Gasteiger partial charge >= 0.3 is 5.97 Å². The van der Waals surface area contributed by atoms with Crippen molar-refractivity contribution < 1.29 is 14.3 Å². The highest BCUT2D eigenvalue weighted by molar-refractivity contribution is 7.16. The summed E-state index contributed by atoms with van der Waals surface area (Å²) in [5.74, 6) is 0.00455. The van der Waals surface area contributed by atoms with Gasteiger partial charge in [0.2, 0.25) is 4.96 Å². The zero-order valence-corrected chi connectivity index (χ0v) is 17.0. The molecule has 2 heterocycles. The quantitative estimate of drug-likeness (QED) is 0.470. The van der Waals surface area contributed by atoms with E-state index in [4.69, 9.17) is 9.47 Å². The molecule has 0 spiro atoms. The molecule has 0 saturated carbocycles. The minimum atomic E-state index is -0.432. The maximum Gasteiger partial charge on any atom is 0.313 e. The van der Waals surface area contributed by atoms with Crippen LogP contribution in [0.15, 0.2) is 47.3 Å². The summed E-state index contributed by atoms with van der Waals surface area (Å²) < 4.78 is 11.9. The van der Waals surface area contributed by atoms with Crippen LogP contribution in [0.1, 0.15) is 29.1 Å². The van der Waals surface area contributed by atoms with Crippen LogP contribution in [0.25, 0.3) is 15.7 Å². The molecule has 8 heteroatoms. The van der Waals surface area contributed by atoms with E-state index in [9.17, 15) is 9.59 Å². The highest BCUT2D eigenvalue weighted by Crippen LogP contribution is 2.26. The molecular formula is C21H19N3O4S. The second-order valence-electron chi connectivity index (χ2n) is 6.73. The summed E-state index contributed by atoms with van der Waals surface area (Å²) >= 11 is 1.23. The number of nitrogens with zero attached hydrogens (tertiary/aromatic N) is 3. The van der Waals surface area contributed by atoms with Crippen molar-refractivity contribution in [3.63, 3.8) is 0 Å². The first-order valence-electron chi connectivity index (χ1n) is 9.05. The van der Waals surface area contributed by atoms with E-state index in [1.807, 2.05) is 36.4 Å². The van der Waals surface area contributed by atoms with Crippen LogP contribution in [0.4, 0.5) is 0 Å². The number of benzene rings is 2. The van der Waals surface area contributed by atoms with Gasteiger partial charge in [0.25, 0.3) is 5.56 Å². The van der Waals surface area contributed by atoms with Crippen molar-refractivity contribution >= 4 is 33.0 Å². The third kappa shape index (κ3) is 3.84. The first-order chi connectivity index (χ1) is 13.9. The number of methoxy groups -OCH3 is 1. The number of aromatic nitrogens is 3. The van der Waals surface area contributed by atoms with Gasteiger partial charge in [0, 0.05) is 11.8 Å². The van der Waals surface area contributed by atoms with Crippen molar-refractivity contribution in [1.29, 1.82) is 0 Å². The third-order valence-electron chi connectivity index (χ3n) is 4.68. The average molecular weight is 409 g/mol. The molecule has 1 atom stereocenters. The SMILES string of the molecule is COc1ccc2cc([C@H](C)C(=O)OCc3nn4c(=O)cc(C)nc4s3)ccc2c1. The van der Waals surface area contributed by atoms with Crippen LogP contribution in [0, 0.1) is 6.92 Å². The van der Waals surface area contributed by atoms with Gasteiger partial charge < -0.3 is 9.47 Å². The van der Waals surface area contributed by atoms with Gasteiger partial charge in [0.1, 0.15) is 12.4 Å². The number of carbonyl (C=O) groups is 1. The lowest BCUT2D eigenvalue weighted by atomic mass is 9.98. The molecule has 0 bridgehead atoms. The maximum absolute atomic E-state index is 12.5. The van der Waals surface area contributed by atoms with E-state index >= 15 is 0 Å². The predicted octanol–water partition coefficient (Wildman–Crippen LogP) is 3.47. The van der Waals surface area contributed by atoms with E-state index in [1.165, 1.54) is 21.9 Å². The Balaban J connectivity index is 1.49. The summed E-state index contributed by atoms with van der Waals surface area (Å²) in [5.41, 5.74) is 1.25. The normalized spacial score (nSPS) is 12.2. The molecule has 0 N–H and O–H groups in total. The van der Waals surface area contributed by atoms with Crippen molar-refractivity contribution in [2.24, 2.45) is 0 Å². The molecule has 0 unspecified atom stereocenters. The lowest BCUT2D eigenvalue weighted by molar-refractivity contribution is -0.146. The average Bonchev–Trinajstić information content (AvgIpc) is 3.13. The Hall–Kier alpha value is -3.26. The molecule has 4 rings (SSSR count). The number of ether oxygens (including phenoxy) is 2. The van der Waals surface area contributed by atoms with E-state index in [1.54, 1.807) is 21.0 Å². The highest BCUT2D eigenvalue weighted by Gasteiger charge is 2.18. The Morgan fingerprint density at radius 2 is 1.93 bits per heavy atom. The van der Waals surface area contributed by atoms with Crippen molar-refractivity contribution in [2.75, 3.05) is 7.11 Å². The molecule has 0 aliphatic heterocycles. The Kier molecular flexibility index (Phi) is 5.02. The molecule has 2 aromatic heterocycles. The van der Waals surface area contributed by atoms with E-state index in [0.717, 1.165) is 22.1 Å². The second-order valence-corrected chi connectivity index (χ2v) is 7.77. The number of hydrogen-bond acceptors (Lipinski definition) is 7. The maximum atomic E-state index is 12.5. The summed E-state index contributed by atoms with van der Waals surface area (Å²) in [5, 5.41) is 6.77. The van der Waals surface area contributed by atoms with Gasteiger partial charge in [0.05, 0.1) is 13.0 Å². The first-order valence-corrected chi connectivity index (χ1v) is 9.87. The standard InChI is InChI=1S/C21H19N3O4S/c1-12-8-19(25)24-21(22-12)29-18(23-24)11-28-20(26)13(2)14-4-5-16-10-17(27-3)7-6-15(16)9-14/h4-10,13H,11H2,1-3H3/t13-/m0/s1. The van der Waals surface area contributed by atoms with Crippen molar-refractivity contribution in [1.82, 2.24) is 14.6 Å². The van der Waals surface area contributed by atoms with Crippen LogP contribution in [-0.2, 0) is 16.1 Å². The van der Waals surface area contributed by atoms with Crippen LogP contribution in [0.5, 0.6) is 5.75 Å². The minimum Gasteiger partial charge on any atom is -0.497 e. The molecule has 2 aromatic carbocycles. The predicted molar refractivity (Wildman–Crippen MR) is 111 cm³/mol. The van der Waals surface area contributed by atoms with E-state index in [-0.39, 0.29) is 18.1 Å². The number of carbonyl (C=O) groups excluding carboxylic acids is 1. The van der Waals surface area contributed by atoms with Crippen molar-refractivity contribution in [3.8, 4) is 5.75 Å². The van der Waals surface area contributed by atoms with Crippen molar-refractivity contribution in [3.05, 3.63) is 69.1 Å². The molecule has 0 aliphatic carbocycles. The summed E-state index contributed by atoms with van der Waals surface area (Å²) in [7, 11) is 1.63. The van der Waals surface area contributed by atoms with Gasteiger partial charge in [-0.3, -0.25) is 9.59 Å². The summed E-state index contributed by atoms with van der Waals surface area (Å²) in [6.45, 7) is 3.56. The molecule has 0 saturated heterocycles. The van der Waals surface area contributed by atoms with Crippen LogP contribution < -0.4 is 10.3 Å². The Labute approximate surface area is 170 Å². The van der Waals surface area contributed by atoms with E-state index < -0.39 is 5.92 Å². The van der Waals surface area contributed by atoms with Crippen molar-refractivity contribution in [2.45, 2.75) is 26.4 Å². The Morgan fingerprint density at radius 3 is 2.72 bits per heavy atom. The molecule has 0 aliphatic rings. The zero-order chi connectivity index (χ0) is 20.5. The largest absolute Gasteiger partial charge is 0.497 e. The van der Waals surface area contributed by atoms with E-state index in [2.05, 4.69) is 10.1 Å². The van der Waals surface area contributed by atoms with E-state index in [0.29, 0.717) is 15.7 Å². The molecule has 4 aromatic rings. The number of rotatable bonds is 5. The number of hydrogen-bond donors (Lipinski definition) is 0. The fraction of sp³-hybridized carbons (Fsp3) is 0.238. The molecule has 29 heavy (non-hydrogen) atoms. The second kappa shape index (κ2) is 7.63. The fourth-order valence-electron chi connectivity index (χ4n) is 3.05. The highest BCUT2D eigenvalue weighted by atomic mass is 32.1. The minimum absolute atomic E-state index is 0.000464. The molecule has 0 fully saturated rings. The summed E-state index contributed by atoms with van der Waals surface area (Å²) in [4.78, 5) is 29.2. The van der Waals surface area contributed by atoms with Gasteiger partial charge in [0.15, 0.2) is 5.01 Å². The Bertz CT molecular complexity index is 1280. The first kappa shape index (κ1) is 19.1. The third-order valence-corrected chi connectivity index (χ3v) is 5.56. The lowest BCUT2D eigenvalue weighted by Crippen LogP contribution is -2.15. The van der Waals surface area contributed by atoms with Crippen LogP contribution >= 0.6 is 11.3 Å². The molecule has 0 radical (unpaired) electrons. The number of fused-ring (bicyclic) bond motifs is 2. The lowest BCUT2D eigenvalue weighted by Gasteiger charge is -2.12. The molecular weight excluding hydrogens is 390 g/mol. The molecule has 0 amide bonds. The zero-order valence-electron chi connectivity index (χ0n) is 16.2. The topological polar surface area (TPSA) is 82.8 Å². The molecule has 148 valence electrons. The summed E-state index contributed by atoms with van der Waals surface area (Å²) in [6.07, 6.45) is 0. The smallest absolute Gasteiger partial charge is 0.313 e. The van der Waals surface area contributed by atoms with Crippen LogP contribution in [0.3, 0.4) is 0 Å². The van der Waals surface area contributed by atoms with Gasteiger partial charge in [-0.25, -0.2) is 4.98 Å². The van der Waals surface area contributed by atoms with Gasteiger partial charge in [-0.1, -0.05) is 35.6 Å². The number of aryl methyl sites for hydroxylation is 1. The van der Waals surface area contributed by atoms with Crippen LogP contribution in [0.2, 0.25) is 0 Å². The van der Waals surface area contributed by atoms with Gasteiger partial charge in [-0.2, -0.15) is 9.61 Å². The molecule has 7 nitrogen and oxygen atoms in total. The van der Waals surface area contributed by atoms with Crippen LogP contribution in [-0.4, -0.2) is 27.7 Å². The fourth-order valence-corrected chi connectivity index (χ4v) is 3.91. The summed E-state index contributed by atoms with van der Waals surface area (Å²) in [6, 6.07) is 13.1.